The molecule has 104 valence electrons. The molecule has 0 radical (unpaired) electrons. The van der Waals surface area contributed by atoms with Crippen LogP contribution in [0.4, 0.5) is 0 Å². The lowest BCUT2D eigenvalue weighted by Crippen LogP contribution is -2.41. The minimum atomic E-state index is 0.0479. The summed E-state index contributed by atoms with van der Waals surface area (Å²) in [5.74, 6) is 0.183. The molecule has 0 spiro atoms. The topological polar surface area (TPSA) is 64.1 Å². The molecule has 5 heteroatoms. The fourth-order valence-corrected chi connectivity index (χ4v) is 2.19. The first kappa shape index (κ1) is 13.8. The van der Waals surface area contributed by atoms with Gasteiger partial charge in [-0.05, 0) is 31.7 Å². The van der Waals surface area contributed by atoms with Gasteiger partial charge in [0.1, 0.15) is 6.10 Å². The highest BCUT2D eigenvalue weighted by Crippen LogP contribution is 2.22. The van der Waals surface area contributed by atoms with E-state index in [0.29, 0.717) is 6.01 Å². The number of carbonyl (C=O) groups excluding carboxylic acids is 1. The van der Waals surface area contributed by atoms with Gasteiger partial charge in [-0.25, -0.2) is 9.97 Å². The average molecular weight is 263 g/mol. The summed E-state index contributed by atoms with van der Waals surface area (Å²) in [6.45, 7) is 3.83. The number of hydrogen-bond donors (Lipinski definition) is 1. The maximum atomic E-state index is 11.6. The summed E-state index contributed by atoms with van der Waals surface area (Å²) < 4.78 is 5.72. The molecule has 5 nitrogen and oxygen atoms in total. The number of nitrogens with zero attached hydrogens (tertiary/aromatic N) is 2. The van der Waals surface area contributed by atoms with E-state index in [1.165, 1.54) is 0 Å². The van der Waals surface area contributed by atoms with E-state index in [2.05, 4.69) is 15.3 Å². The Morgan fingerprint density at radius 3 is 2.47 bits per heavy atom. The molecule has 0 atom stereocenters. The van der Waals surface area contributed by atoms with E-state index < -0.39 is 0 Å². The smallest absolute Gasteiger partial charge is 0.316 e. The number of carbonyl (C=O) groups is 1. The number of ether oxygens (including phenoxy) is 1. The molecular weight excluding hydrogens is 242 g/mol. The van der Waals surface area contributed by atoms with Crippen LogP contribution >= 0.6 is 0 Å². The van der Waals surface area contributed by atoms with Gasteiger partial charge in [-0.1, -0.05) is 13.8 Å². The highest BCUT2D eigenvalue weighted by molar-refractivity contribution is 5.78. The zero-order valence-electron chi connectivity index (χ0n) is 11.5. The molecule has 0 aliphatic heterocycles. The highest BCUT2D eigenvalue weighted by Gasteiger charge is 2.24. The van der Waals surface area contributed by atoms with Gasteiger partial charge in [0, 0.05) is 24.4 Å². The van der Waals surface area contributed by atoms with Crippen LogP contribution in [-0.4, -0.2) is 28.0 Å². The molecule has 1 aliphatic carbocycles. The second kappa shape index (κ2) is 6.50. The fraction of sp³-hybridized carbons (Fsp3) is 0.643. The molecule has 19 heavy (non-hydrogen) atoms. The van der Waals surface area contributed by atoms with Gasteiger partial charge in [-0.3, -0.25) is 4.79 Å². The van der Waals surface area contributed by atoms with E-state index in [1.807, 2.05) is 13.8 Å². The van der Waals surface area contributed by atoms with Crippen LogP contribution in [0.5, 0.6) is 6.01 Å². The lowest BCUT2D eigenvalue weighted by Gasteiger charge is -2.29. The third kappa shape index (κ3) is 4.19. The van der Waals surface area contributed by atoms with Gasteiger partial charge >= 0.3 is 6.01 Å². The van der Waals surface area contributed by atoms with Gasteiger partial charge < -0.3 is 10.1 Å². The standard InChI is InChI=1S/C14H21N3O2/c1-10(2)13(18)17-11-4-6-12(7-5-11)19-14-15-8-3-9-16-14/h3,8-12H,4-7H2,1-2H3,(H,17,18). The Balaban J connectivity index is 1.75. The predicted molar refractivity (Wildman–Crippen MR) is 71.7 cm³/mol. The van der Waals surface area contributed by atoms with Gasteiger partial charge in [0.25, 0.3) is 0 Å². The molecule has 1 aromatic heterocycles. The molecule has 1 amide bonds. The van der Waals surface area contributed by atoms with Gasteiger partial charge in [0.2, 0.25) is 5.91 Å². The monoisotopic (exact) mass is 263 g/mol. The quantitative estimate of drug-likeness (QED) is 0.901. The Bertz CT molecular complexity index is 400. The second-order valence-corrected chi connectivity index (χ2v) is 5.29. The van der Waals surface area contributed by atoms with Gasteiger partial charge in [0.15, 0.2) is 0 Å². The van der Waals surface area contributed by atoms with E-state index >= 15 is 0 Å². The zero-order valence-corrected chi connectivity index (χ0v) is 11.5. The first-order chi connectivity index (χ1) is 9.15. The zero-order chi connectivity index (χ0) is 13.7. The van der Waals surface area contributed by atoms with Crippen LogP contribution in [0.3, 0.4) is 0 Å². The summed E-state index contributed by atoms with van der Waals surface area (Å²) in [5.41, 5.74) is 0. The van der Waals surface area contributed by atoms with Crippen molar-refractivity contribution < 1.29 is 9.53 Å². The molecule has 0 saturated heterocycles. The number of rotatable bonds is 4. The molecule has 1 N–H and O–H groups in total. The molecule has 1 saturated carbocycles. The van der Waals surface area contributed by atoms with E-state index in [4.69, 9.17) is 4.74 Å². The van der Waals surface area contributed by atoms with Crippen LogP contribution in [0.25, 0.3) is 0 Å². The normalized spacial score (nSPS) is 23.1. The Kier molecular flexibility index (Phi) is 4.71. The molecule has 1 fully saturated rings. The third-order valence-electron chi connectivity index (χ3n) is 3.36. The summed E-state index contributed by atoms with van der Waals surface area (Å²) in [7, 11) is 0. The summed E-state index contributed by atoms with van der Waals surface area (Å²) in [6, 6.07) is 2.49. The van der Waals surface area contributed by atoms with Crippen LogP contribution < -0.4 is 10.1 Å². The van der Waals surface area contributed by atoms with Crippen molar-refractivity contribution in [2.75, 3.05) is 0 Å². The molecule has 0 bridgehead atoms. The summed E-state index contributed by atoms with van der Waals surface area (Å²) in [4.78, 5) is 19.7. The summed E-state index contributed by atoms with van der Waals surface area (Å²) in [6.07, 6.45) is 7.29. The summed E-state index contributed by atoms with van der Waals surface area (Å²) >= 11 is 0. The van der Waals surface area contributed by atoms with Gasteiger partial charge in [0.05, 0.1) is 0 Å². The molecule has 1 heterocycles. The molecule has 0 aromatic carbocycles. The van der Waals surface area contributed by atoms with Crippen molar-refractivity contribution in [1.29, 1.82) is 0 Å². The number of nitrogens with one attached hydrogen (secondary N) is 1. The Hall–Kier alpha value is -1.65. The number of amides is 1. The van der Waals surface area contributed by atoms with Gasteiger partial charge in [-0.2, -0.15) is 0 Å². The molecule has 0 unspecified atom stereocenters. The average Bonchev–Trinajstić information content (AvgIpc) is 2.42. The van der Waals surface area contributed by atoms with Crippen LogP contribution in [-0.2, 0) is 4.79 Å². The minimum absolute atomic E-state index is 0.0479. The van der Waals surface area contributed by atoms with Crippen molar-refractivity contribution in [3.63, 3.8) is 0 Å². The van der Waals surface area contributed by atoms with Crippen LogP contribution in [0.2, 0.25) is 0 Å². The van der Waals surface area contributed by atoms with E-state index in [0.717, 1.165) is 25.7 Å². The predicted octanol–water partition coefficient (Wildman–Crippen LogP) is 1.94. The third-order valence-corrected chi connectivity index (χ3v) is 3.36. The lowest BCUT2D eigenvalue weighted by molar-refractivity contribution is -0.125. The molecule has 1 aliphatic rings. The molecular formula is C14H21N3O2. The van der Waals surface area contributed by atoms with E-state index in [1.54, 1.807) is 18.5 Å². The van der Waals surface area contributed by atoms with Crippen LogP contribution in [0.15, 0.2) is 18.5 Å². The van der Waals surface area contributed by atoms with Gasteiger partial charge in [-0.15, -0.1) is 0 Å². The van der Waals surface area contributed by atoms with Crippen molar-refractivity contribution in [1.82, 2.24) is 15.3 Å². The van der Waals surface area contributed by atoms with E-state index in [-0.39, 0.29) is 24.0 Å². The van der Waals surface area contributed by atoms with Crippen molar-refractivity contribution in [2.45, 2.75) is 51.7 Å². The second-order valence-electron chi connectivity index (χ2n) is 5.29. The van der Waals surface area contributed by atoms with Crippen molar-refractivity contribution >= 4 is 5.91 Å². The number of aromatic nitrogens is 2. The Morgan fingerprint density at radius 1 is 1.26 bits per heavy atom. The number of hydrogen-bond acceptors (Lipinski definition) is 4. The minimum Gasteiger partial charge on any atom is -0.460 e. The lowest BCUT2D eigenvalue weighted by atomic mass is 9.92. The van der Waals surface area contributed by atoms with Crippen molar-refractivity contribution in [3.05, 3.63) is 18.5 Å². The summed E-state index contributed by atoms with van der Waals surface area (Å²) in [5, 5.41) is 3.08. The van der Waals surface area contributed by atoms with Crippen LogP contribution in [0.1, 0.15) is 39.5 Å². The highest BCUT2D eigenvalue weighted by atomic mass is 16.5. The first-order valence-electron chi connectivity index (χ1n) is 6.89. The SMILES string of the molecule is CC(C)C(=O)NC1CCC(Oc2ncccn2)CC1. The molecule has 1 aromatic rings. The Morgan fingerprint density at radius 2 is 1.89 bits per heavy atom. The maximum Gasteiger partial charge on any atom is 0.316 e. The Labute approximate surface area is 113 Å². The van der Waals surface area contributed by atoms with Crippen LogP contribution in [0, 0.1) is 5.92 Å². The first-order valence-corrected chi connectivity index (χ1v) is 6.89. The van der Waals surface area contributed by atoms with Crippen molar-refractivity contribution in [3.8, 4) is 6.01 Å². The maximum absolute atomic E-state index is 11.6. The molecule has 2 rings (SSSR count). The van der Waals surface area contributed by atoms with Crippen molar-refractivity contribution in [2.24, 2.45) is 5.92 Å². The fourth-order valence-electron chi connectivity index (χ4n) is 2.19. The van der Waals surface area contributed by atoms with E-state index in [9.17, 15) is 4.79 Å². The largest absolute Gasteiger partial charge is 0.460 e.